The molecule has 0 radical (unpaired) electrons. The SMILES string of the molecule is CCC1=NN(C)C(C)=NC1. The van der Waals surface area contributed by atoms with Gasteiger partial charge >= 0.3 is 0 Å². The third kappa shape index (κ3) is 1.35. The van der Waals surface area contributed by atoms with Crippen molar-refractivity contribution in [2.24, 2.45) is 10.1 Å². The molecule has 10 heavy (non-hydrogen) atoms. The van der Waals surface area contributed by atoms with Crippen molar-refractivity contribution in [3.05, 3.63) is 0 Å². The maximum absolute atomic E-state index is 4.30. The molecule has 0 amide bonds. The van der Waals surface area contributed by atoms with Crippen LogP contribution < -0.4 is 0 Å². The third-order valence-corrected chi connectivity index (χ3v) is 1.66. The van der Waals surface area contributed by atoms with Crippen LogP contribution in [-0.2, 0) is 0 Å². The summed E-state index contributed by atoms with van der Waals surface area (Å²) in [6, 6.07) is 0. The molecular formula is C7H13N3. The summed E-state index contributed by atoms with van der Waals surface area (Å²) in [5, 5.41) is 6.12. The van der Waals surface area contributed by atoms with Gasteiger partial charge in [0, 0.05) is 7.05 Å². The molecule has 56 valence electrons. The molecule has 1 aliphatic rings. The molecule has 1 aliphatic heterocycles. The first-order valence-electron chi connectivity index (χ1n) is 3.55. The standard InChI is InChI=1S/C7H13N3/c1-4-7-5-8-6(2)10(3)9-7/h4-5H2,1-3H3. The maximum Gasteiger partial charge on any atom is 0.116 e. The van der Waals surface area contributed by atoms with Crippen molar-refractivity contribution in [3.8, 4) is 0 Å². The summed E-state index contributed by atoms with van der Waals surface area (Å²) in [5.74, 6) is 0.997. The van der Waals surface area contributed by atoms with Gasteiger partial charge in [-0.15, -0.1) is 0 Å². The van der Waals surface area contributed by atoms with Gasteiger partial charge in [-0.05, 0) is 13.3 Å². The van der Waals surface area contributed by atoms with E-state index in [2.05, 4.69) is 17.0 Å². The maximum atomic E-state index is 4.30. The fraction of sp³-hybridized carbons (Fsp3) is 0.714. The van der Waals surface area contributed by atoms with Crippen LogP contribution in [0.15, 0.2) is 10.1 Å². The normalized spacial score (nSPS) is 18.5. The van der Waals surface area contributed by atoms with Crippen molar-refractivity contribution in [1.29, 1.82) is 0 Å². The first-order chi connectivity index (χ1) is 4.74. The number of nitrogens with zero attached hydrogens (tertiary/aromatic N) is 3. The van der Waals surface area contributed by atoms with E-state index in [1.165, 1.54) is 0 Å². The quantitative estimate of drug-likeness (QED) is 0.535. The van der Waals surface area contributed by atoms with E-state index in [1.807, 2.05) is 19.0 Å². The molecule has 0 fully saturated rings. The van der Waals surface area contributed by atoms with Crippen molar-refractivity contribution in [1.82, 2.24) is 5.01 Å². The highest BCUT2D eigenvalue weighted by molar-refractivity contribution is 5.93. The summed E-state index contributed by atoms with van der Waals surface area (Å²) in [4.78, 5) is 4.27. The molecule has 0 spiro atoms. The minimum Gasteiger partial charge on any atom is -0.265 e. The van der Waals surface area contributed by atoms with Crippen LogP contribution in [-0.4, -0.2) is 30.1 Å². The van der Waals surface area contributed by atoms with E-state index >= 15 is 0 Å². The molecule has 0 N–H and O–H groups in total. The van der Waals surface area contributed by atoms with Crippen molar-refractivity contribution >= 4 is 11.5 Å². The predicted molar refractivity (Wildman–Crippen MR) is 43.5 cm³/mol. The van der Waals surface area contributed by atoms with Crippen LogP contribution in [0.1, 0.15) is 20.3 Å². The predicted octanol–water partition coefficient (Wildman–Crippen LogP) is 1.12. The molecule has 0 aliphatic carbocycles. The molecule has 3 nitrogen and oxygen atoms in total. The molecular weight excluding hydrogens is 126 g/mol. The second kappa shape index (κ2) is 2.82. The smallest absolute Gasteiger partial charge is 0.116 e. The highest BCUT2D eigenvalue weighted by atomic mass is 15.5. The largest absolute Gasteiger partial charge is 0.265 e. The summed E-state index contributed by atoms with van der Waals surface area (Å²) < 4.78 is 0. The number of rotatable bonds is 1. The van der Waals surface area contributed by atoms with Crippen LogP contribution in [0.4, 0.5) is 0 Å². The molecule has 0 aromatic heterocycles. The molecule has 0 saturated carbocycles. The summed E-state index contributed by atoms with van der Waals surface area (Å²) in [6.07, 6.45) is 1.00. The van der Waals surface area contributed by atoms with E-state index < -0.39 is 0 Å². The average Bonchev–Trinajstić information content (AvgIpc) is 1.95. The van der Waals surface area contributed by atoms with E-state index in [4.69, 9.17) is 0 Å². The zero-order valence-electron chi connectivity index (χ0n) is 6.76. The van der Waals surface area contributed by atoms with Gasteiger partial charge in [0.2, 0.25) is 0 Å². The zero-order valence-corrected chi connectivity index (χ0v) is 6.76. The second-order valence-corrected chi connectivity index (χ2v) is 2.41. The van der Waals surface area contributed by atoms with Crippen molar-refractivity contribution in [2.45, 2.75) is 20.3 Å². The Balaban J connectivity index is 2.64. The number of amidine groups is 1. The Morgan fingerprint density at radius 2 is 2.30 bits per heavy atom. The van der Waals surface area contributed by atoms with Crippen LogP contribution in [0.5, 0.6) is 0 Å². The van der Waals surface area contributed by atoms with E-state index in [0.29, 0.717) is 0 Å². The summed E-state index contributed by atoms with van der Waals surface area (Å²) in [6.45, 7) is 4.85. The second-order valence-electron chi connectivity index (χ2n) is 2.41. The number of hydrogen-bond acceptors (Lipinski definition) is 3. The fourth-order valence-electron chi connectivity index (χ4n) is 0.807. The Morgan fingerprint density at radius 3 is 2.80 bits per heavy atom. The number of hydrazone groups is 1. The van der Waals surface area contributed by atoms with Crippen LogP contribution in [0, 0.1) is 0 Å². The topological polar surface area (TPSA) is 28.0 Å². The first-order valence-corrected chi connectivity index (χ1v) is 3.55. The average molecular weight is 139 g/mol. The van der Waals surface area contributed by atoms with Gasteiger partial charge in [-0.25, -0.2) is 0 Å². The van der Waals surface area contributed by atoms with E-state index in [-0.39, 0.29) is 0 Å². The minimum atomic E-state index is 0.784. The minimum absolute atomic E-state index is 0.784. The van der Waals surface area contributed by atoms with Gasteiger partial charge < -0.3 is 0 Å². The van der Waals surface area contributed by atoms with Gasteiger partial charge in [0.25, 0.3) is 0 Å². The molecule has 0 atom stereocenters. The van der Waals surface area contributed by atoms with Crippen LogP contribution in [0.25, 0.3) is 0 Å². The van der Waals surface area contributed by atoms with Crippen molar-refractivity contribution < 1.29 is 0 Å². The fourth-order valence-corrected chi connectivity index (χ4v) is 0.807. The Hall–Kier alpha value is -0.860. The number of aliphatic imine (C=N–C) groups is 1. The lowest BCUT2D eigenvalue weighted by atomic mass is 10.3. The van der Waals surface area contributed by atoms with Gasteiger partial charge in [0.05, 0.1) is 12.3 Å². The van der Waals surface area contributed by atoms with Crippen LogP contribution in [0.2, 0.25) is 0 Å². The molecule has 0 aromatic rings. The van der Waals surface area contributed by atoms with E-state index in [9.17, 15) is 0 Å². The molecule has 0 unspecified atom stereocenters. The lowest BCUT2D eigenvalue weighted by Crippen LogP contribution is -2.26. The Labute approximate surface area is 61.4 Å². The van der Waals surface area contributed by atoms with Gasteiger partial charge in [0.1, 0.15) is 5.84 Å². The third-order valence-electron chi connectivity index (χ3n) is 1.66. The van der Waals surface area contributed by atoms with E-state index in [0.717, 1.165) is 24.5 Å². The monoisotopic (exact) mass is 139 g/mol. The van der Waals surface area contributed by atoms with Crippen molar-refractivity contribution in [3.63, 3.8) is 0 Å². The Bertz CT molecular complexity index is 181. The summed E-state index contributed by atoms with van der Waals surface area (Å²) >= 11 is 0. The molecule has 1 heterocycles. The summed E-state index contributed by atoms with van der Waals surface area (Å²) in [5.41, 5.74) is 1.16. The molecule has 0 aromatic carbocycles. The van der Waals surface area contributed by atoms with Crippen LogP contribution >= 0.6 is 0 Å². The molecule has 1 rings (SSSR count). The zero-order chi connectivity index (χ0) is 7.56. The Morgan fingerprint density at radius 1 is 1.60 bits per heavy atom. The highest BCUT2D eigenvalue weighted by Crippen LogP contribution is 2.00. The van der Waals surface area contributed by atoms with E-state index in [1.54, 1.807) is 0 Å². The van der Waals surface area contributed by atoms with Crippen molar-refractivity contribution in [2.75, 3.05) is 13.6 Å². The van der Waals surface area contributed by atoms with Gasteiger partial charge in [-0.1, -0.05) is 6.92 Å². The first kappa shape index (κ1) is 7.25. The number of hydrogen-bond donors (Lipinski definition) is 0. The van der Waals surface area contributed by atoms with Crippen LogP contribution in [0.3, 0.4) is 0 Å². The van der Waals surface area contributed by atoms with Gasteiger partial charge in [-0.3, -0.25) is 10.0 Å². The summed E-state index contributed by atoms with van der Waals surface area (Å²) in [7, 11) is 1.92. The van der Waals surface area contributed by atoms with Gasteiger partial charge in [-0.2, -0.15) is 5.10 Å². The molecule has 3 heteroatoms. The van der Waals surface area contributed by atoms with Gasteiger partial charge in [0.15, 0.2) is 0 Å². The molecule has 0 saturated heterocycles. The molecule has 0 bridgehead atoms. The lowest BCUT2D eigenvalue weighted by Gasteiger charge is -2.18. The highest BCUT2D eigenvalue weighted by Gasteiger charge is 2.06. The Kier molecular flexibility index (Phi) is 2.04. The lowest BCUT2D eigenvalue weighted by molar-refractivity contribution is 0.526.